The molecule has 0 aromatic carbocycles. The molecule has 1 saturated heterocycles. The maximum Gasteiger partial charge on any atom is 0.360 e. The summed E-state index contributed by atoms with van der Waals surface area (Å²) < 4.78 is 20.8. The summed E-state index contributed by atoms with van der Waals surface area (Å²) in [6, 6.07) is 2.20. The van der Waals surface area contributed by atoms with E-state index in [1.165, 1.54) is 30.2 Å². The molecular weight excluding hydrogens is 450 g/mol. The van der Waals surface area contributed by atoms with Crippen molar-refractivity contribution in [1.29, 1.82) is 0 Å². The second kappa shape index (κ2) is 8.45. The fourth-order valence-electron chi connectivity index (χ4n) is 3.82. The number of thioether (sulfide) groups is 1. The average molecular weight is 474 g/mol. The molecule has 3 aromatic heterocycles. The standard InChI is InChI=1S/C21H23N5O4S2/c1-3-29-19(27)17-10-26(24-23-17)9-15-8-25-7-14(13-4-5-13)6-16(18(25)22-15)21(11-28-12-21)30-20(31)32-2/h6-8,10,13H,3-5,9,11-12H2,1-2H3. The number of pyridine rings is 1. The van der Waals surface area contributed by atoms with E-state index in [0.717, 1.165) is 16.9 Å². The molecule has 2 aliphatic rings. The third kappa shape index (κ3) is 4.00. The van der Waals surface area contributed by atoms with Crippen molar-refractivity contribution in [3.8, 4) is 0 Å². The van der Waals surface area contributed by atoms with Crippen LogP contribution in [0.5, 0.6) is 0 Å². The molecule has 1 saturated carbocycles. The first-order valence-corrected chi connectivity index (χ1v) is 12.1. The monoisotopic (exact) mass is 473 g/mol. The molecular formula is C21H23N5O4S2. The lowest BCUT2D eigenvalue weighted by molar-refractivity contribution is -0.171. The number of carbonyl (C=O) groups excluding carboxylic acids is 1. The maximum absolute atomic E-state index is 11.9. The molecule has 0 amide bonds. The molecule has 0 radical (unpaired) electrons. The lowest BCUT2D eigenvalue weighted by atomic mass is 9.91. The van der Waals surface area contributed by atoms with Gasteiger partial charge in [-0.05, 0) is 55.8 Å². The third-order valence-electron chi connectivity index (χ3n) is 5.62. The van der Waals surface area contributed by atoms with Crippen molar-refractivity contribution in [2.24, 2.45) is 0 Å². The number of imidazole rings is 1. The summed E-state index contributed by atoms with van der Waals surface area (Å²) in [7, 11) is 0. The first-order valence-electron chi connectivity index (χ1n) is 10.5. The van der Waals surface area contributed by atoms with Crippen molar-refractivity contribution in [2.45, 2.75) is 37.8 Å². The van der Waals surface area contributed by atoms with Gasteiger partial charge in [0.05, 0.1) is 38.3 Å². The van der Waals surface area contributed by atoms with E-state index in [4.69, 9.17) is 31.4 Å². The number of hydrogen-bond acceptors (Lipinski definition) is 9. The Kier molecular flexibility index (Phi) is 5.64. The van der Waals surface area contributed by atoms with Gasteiger partial charge in [-0.2, -0.15) is 0 Å². The van der Waals surface area contributed by atoms with E-state index in [-0.39, 0.29) is 12.3 Å². The number of carbonyl (C=O) groups is 1. The minimum atomic E-state index is -0.626. The molecule has 168 valence electrons. The summed E-state index contributed by atoms with van der Waals surface area (Å²) in [6.45, 7) is 3.29. The number of aromatic nitrogens is 5. The van der Waals surface area contributed by atoms with Crippen LogP contribution in [0.25, 0.3) is 5.65 Å². The fraction of sp³-hybridized carbons (Fsp3) is 0.476. The fourth-order valence-corrected chi connectivity index (χ4v) is 4.22. The summed E-state index contributed by atoms with van der Waals surface area (Å²) in [4.78, 5) is 16.7. The van der Waals surface area contributed by atoms with Gasteiger partial charge in [0.1, 0.15) is 5.65 Å². The highest BCUT2D eigenvalue weighted by atomic mass is 32.2. The molecule has 0 spiro atoms. The second-order valence-electron chi connectivity index (χ2n) is 7.99. The molecule has 1 aliphatic heterocycles. The molecule has 2 fully saturated rings. The van der Waals surface area contributed by atoms with Gasteiger partial charge in [0.25, 0.3) is 0 Å². The van der Waals surface area contributed by atoms with Gasteiger partial charge >= 0.3 is 5.97 Å². The highest BCUT2D eigenvalue weighted by molar-refractivity contribution is 8.22. The average Bonchev–Trinajstić information content (AvgIpc) is 3.37. The number of esters is 1. The minimum Gasteiger partial charge on any atom is -0.462 e. The van der Waals surface area contributed by atoms with Gasteiger partial charge < -0.3 is 18.6 Å². The Hall–Kier alpha value is -2.50. The van der Waals surface area contributed by atoms with Crippen molar-refractivity contribution in [2.75, 3.05) is 26.1 Å². The summed E-state index contributed by atoms with van der Waals surface area (Å²) in [5.74, 6) is 0.0796. The molecule has 0 N–H and O–H groups in total. The molecule has 32 heavy (non-hydrogen) atoms. The van der Waals surface area contributed by atoms with E-state index in [1.54, 1.807) is 17.8 Å². The van der Waals surface area contributed by atoms with Crippen LogP contribution in [-0.4, -0.2) is 60.8 Å². The topological polar surface area (TPSA) is 92.8 Å². The Labute approximate surface area is 194 Å². The molecule has 3 aromatic rings. The number of fused-ring (bicyclic) bond motifs is 1. The van der Waals surface area contributed by atoms with Gasteiger partial charge in [0.15, 0.2) is 11.3 Å². The lowest BCUT2D eigenvalue weighted by Crippen LogP contribution is -2.50. The highest BCUT2D eigenvalue weighted by Gasteiger charge is 2.46. The zero-order valence-corrected chi connectivity index (χ0v) is 19.4. The number of hydrogen-bond donors (Lipinski definition) is 0. The molecule has 0 bridgehead atoms. The molecule has 9 nitrogen and oxygen atoms in total. The first-order chi connectivity index (χ1) is 15.5. The Morgan fingerprint density at radius 1 is 1.34 bits per heavy atom. The minimum absolute atomic E-state index is 0.178. The summed E-state index contributed by atoms with van der Waals surface area (Å²) in [5, 5.41) is 7.94. The van der Waals surface area contributed by atoms with Crippen LogP contribution in [0.4, 0.5) is 0 Å². The maximum atomic E-state index is 11.9. The number of thiocarbonyl (C=S) groups is 1. The zero-order valence-electron chi connectivity index (χ0n) is 17.8. The van der Waals surface area contributed by atoms with Gasteiger partial charge in [0.2, 0.25) is 4.38 Å². The van der Waals surface area contributed by atoms with Crippen LogP contribution in [0.1, 0.15) is 53.0 Å². The number of nitrogens with zero attached hydrogens (tertiary/aromatic N) is 5. The van der Waals surface area contributed by atoms with Crippen molar-refractivity contribution in [1.82, 2.24) is 24.4 Å². The molecule has 4 heterocycles. The van der Waals surface area contributed by atoms with E-state index < -0.39 is 11.6 Å². The van der Waals surface area contributed by atoms with Crippen LogP contribution in [0.2, 0.25) is 0 Å². The van der Waals surface area contributed by atoms with Gasteiger partial charge in [0, 0.05) is 18.0 Å². The Morgan fingerprint density at radius 2 is 2.16 bits per heavy atom. The SMILES string of the molecule is CCOC(=O)c1cn(Cc2cn3cc(C4CC4)cc(C4(OC(=S)SC)COC4)c3n2)nn1. The number of ether oxygens (including phenoxy) is 3. The molecule has 11 heteroatoms. The van der Waals surface area contributed by atoms with E-state index >= 15 is 0 Å². The van der Waals surface area contributed by atoms with Crippen LogP contribution in [0.15, 0.2) is 24.7 Å². The summed E-state index contributed by atoms with van der Waals surface area (Å²) in [6.07, 6.45) is 9.97. The summed E-state index contributed by atoms with van der Waals surface area (Å²) in [5.41, 5.74) is 3.41. The second-order valence-corrected chi connectivity index (χ2v) is 9.40. The van der Waals surface area contributed by atoms with Crippen LogP contribution < -0.4 is 0 Å². The van der Waals surface area contributed by atoms with E-state index in [1.807, 2.05) is 16.9 Å². The Balaban J connectivity index is 1.50. The van der Waals surface area contributed by atoms with E-state index in [9.17, 15) is 4.79 Å². The highest BCUT2D eigenvalue weighted by Crippen LogP contribution is 2.44. The quantitative estimate of drug-likeness (QED) is 0.379. The number of rotatable bonds is 7. The van der Waals surface area contributed by atoms with Crippen LogP contribution >= 0.6 is 24.0 Å². The smallest absolute Gasteiger partial charge is 0.360 e. The van der Waals surface area contributed by atoms with Crippen molar-refractivity contribution in [3.05, 3.63) is 47.2 Å². The molecule has 5 rings (SSSR count). The Bertz CT molecular complexity index is 1180. The van der Waals surface area contributed by atoms with Gasteiger partial charge in [-0.25, -0.2) is 14.5 Å². The van der Waals surface area contributed by atoms with Crippen LogP contribution in [-0.2, 0) is 26.4 Å². The molecule has 0 unspecified atom stereocenters. The van der Waals surface area contributed by atoms with E-state index in [2.05, 4.69) is 22.6 Å². The largest absolute Gasteiger partial charge is 0.462 e. The molecule has 0 atom stereocenters. The predicted molar refractivity (Wildman–Crippen MR) is 122 cm³/mol. The Morgan fingerprint density at radius 3 is 2.81 bits per heavy atom. The summed E-state index contributed by atoms with van der Waals surface area (Å²) >= 11 is 6.77. The van der Waals surface area contributed by atoms with Crippen molar-refractivity contribution in [3.63, 3.8) is 0 Å². The third-order valence-corrected chi connectivity index (χ3v) is 6.62. The van der Waals surface area contributed by atoms with Crippen LogP contribution in [0.3, 0.4) is 0 Å². The van der Waals surface area contributed by atoms with Crippen molar-refractivity contribution >= 4 is 40.0 Å². The normalized spacial score (nSPS) is 17.2. The zero-order chi connectivity index (χ0) is 22.3. The molecule has 1 aliphatic carbocycles. The predicted octanol–water partition coefficient (Wildman–Crippen LogP) is 2.92. The van der Waals surface area contributed by atoms with Crippen molar-refractivity contribution < 1.29 is 19.0 Å². The van der Waals surface area contributed by atoms with Gasteiger partial charge in [-0.1, -0.05) is 17.0 Å². The first kappa shape index (κ1) is 21.4. The van der Waals surface area contributed by atoms with Gasteiger partial charge in [-0.3, -0.25) is 0 Å². The lowest BCUT2D eigenvalue weighted by Gasteiger charge is -2.41. The van der Waals surface area contributed by atoms with E-state index in [0.29, 0.717) is 30.1 Å². The van der Waals surface area contributed by atoms with Crippen LogP contribution in [0, 0.1) is 0 Å². The van der Waals surface area contributed by atoms with Gasteiger partial charge in [-0.15, -0.1) is 5.10 Å².